The third-order valence-electron chi connectivity index (χ3n) is 6.70. The van der Waals surface area contributed by atoms with Crippen molar-refractivity contribution in [1.82, 2.24) is 14.9 Å². The second-order valence-corrected chi connectivity index (χ2v) is 11.8. The molecule has 1 unspecified atom stereocenters. The summed E-state index contributed by atoms with van der Waals surface area (Å²) in [5.41, 5.74) is 2.33. The largest absolute Gasteiger partial charge is 0.393 e. The molecule has 2 N–H and O–H groups in total. The molecule has 6 nitrogen and oxygen atoms in total. The van der Waals surface area contributed by atoms with Crippen LogP contribution in [0.5, 0.6) is 0 Å². The number of rotatable bonds is 5. The third kappa shape index (κ3) is 5.95. The number of hydrogen-bond acceptors (Lipinski definition) is 4. The Labute approximate surface area is 234 Å². The molecule has 2 heterocycles. The number of alkyl halides is 3. The molecule has 0 bridgehead atoms. The summed E-state index contributed by atoms with van der Waals surface area (Å²) in [6.07, 6.45) is -3.71. The molecule has 0 radical (unpaired) electrons. The van der Waals surface area contributed by atoms with Crippen LogP contribution in [0.25, 0.3) is 11.0 Å². The second kappa shape index (κ2) is 10.7. The van der Waals surface area contributed by atoms with Crippen molar-refractivity contribution >= 4 is 69.1 Å². The Kier molecular flexibility index (Phi) is 8.04. The molecule has 1 saturated heterocycles. The number of amides is 1. The minimum Gasteiger partial charge on any atom is -0.370 e. The number of carbonyl (C=O) groups excluding carboxylic acids is 1. The van der Waals surface area contributed by atoms with E-state index in [2.05, 4.69) is 15.6 Å². The molecule has 206 valence electrons. The lowest BCUT2D eigenvalue weighted by atomic mass is 9.95. The number of imidazole rings is 1. The molecule has 38 heavy (non-hydrogen) atoms. The van der Waals surface area contributed by atoms with Crippen LogP contribution in [0.4, 0.5) is 30.5 Å². The lowest BCUT2D eigenvalue weighted by Crippen LogP contribution is -2.41. The van der Waals surface area contributed by atoms with Crippen molar-refractivity contribution in [2.75, 3.05) is 23.3 Å². The molecule has 0 aliphatic carbocycles. The molecule has 1 aliphatic rings. The zero-order valence-corrected chi connectivity index (χ0v) is 23.7. The standard InChI is InChI=1S/C26H29Cl3F3N5O/c1-25(2,3)23(38)33-12-14-7-8-16(27)22(21(14)29)35-24-34-18-10-17(28)19(11-20(18)36(24)4)37-9-5-6-15(13-37)26(30,31)32/h7-8,10-11,15H,5-6,9,12-13H2,1-4H3,(H,33,38)(H,34,35). The predicted molar refractivity (Wildman–Crippen MR) is 148 cm³/mol. The van der Waals surface area contributed by atoms with Gasteiger partial charge >= 0.3 is 6.18 Å². The Hall–Kier alpha value is -2.36. The van der Waals surface area contributed by atoms with Crippen LogP contribution in [0, 0.1) is 11.3 Å². The van der Waals surface area contributed by atoms with Crippen LogP contribution in [-0.2, 0) is 18.4 Å². The second-order valence-electron chi connectivity index (χ2n) is 10.6. The highest BCUT2D eigenvalue weighted by Gasteiger charge is 2.42. The maximum absolute atomic E-state index is 13.4. The number of aryl methyl sites for hydroxylation is 1. The van der Waals surface area contributed by atoms with Gasteiger partial charge in [-0.05, 0) is 36.6 Å². The van der Waals surface area contributed by atoms with Gasteiger partial charge in [0.1, 0.15) is 0 Å². The minimum absolute atomic E-state index is 0.111. The number of halogens is 6. The lowest BCUT2D eigenvalue weighted by Gasteiger charge is -2.35. The fourth-order valence-electron chi connectivity index (χ4n) is 4.42. The highest BCUT2D eigenvalue weighted by molar-refractivity contribution is 6.39. The number of carbonyl (C=O) groups is 1. The van der Waals surface area contributed by atoms with Gasteiger partial charge in [-0.1, -0.05) is 61.6 Å². The summed E-state index contributed by atoms with van der Waals surface area (Å²) in [6, 6.07) is 6.83. The van der Waals surface area contributed by atoms with Crippen molar-refractivity contribution < 1.29 is 18.0 Å². The first-order valence-electron chi connectivity index (χ1n) is 12.2. The average Bonchev–Trinajstić information content (AvgIpc) is 3.13. The van der Waals surface area contributed by atoms with Crippen molar-refractivity contribution in [1.29, 1.82) is 0 Å². The Morgan fingerprint density at radius 2 is 1.84 bits per heavy atom. The van der Waals surface area contributed by atoms with Crippen molar-refractivity contribution in [3.63, 3.8) is 0 Å². The highest BCUT2D eigenvalue weighted by Crippen LogP contribution is 2.40. The van der Waals surface area contributed by atoms with E-state index in [0.717, 1.165) is 0 Å². The number of nitrogens with one attached hydrogen (secondary N) is 2. The smallest absolute Gasteiger partial charge is 0.370 e. The van der Waals surface area contributed by atoms with Crippen LogP contribution < -0.4 is 15.5 Å². The Morgan fingerprint density at radius 1 is 1.13 bits per heavy atom. The van der Waals surface area contributed by atoms with Crippen LogP contribution in [-0.4, -0.2) is 34.7 Å². The van der Waals surface area contributed by atoms with Gasteiger partial charge in [-0.15, -0.1) is 0 Å². The van der Waals surface area contributed by atoms with Gasteiger partial charge in [0.05, 0.1) is 43.4 Å². The van der Waals surface area contributed by atoms with Crippen molar-refractivity contribution in [2.24, 2.45) is 18.4 Å². The van der Waals surface area contributed by atoms with Gasteiger partial charge in [0.2, 0.25) is 11.9 Å². The van der Waals surface area contributed by atoms with E-state index >= 15 is 0 Å². The number of piperidine rings is 1. The van der Waals surface area contributed by atoms with Crippen molar-refractivity contribution in [3.8, 4) is 0 Å². The van der Waals surface area contributed by atoms with E-state index in [1.165, 1.54) is 0 Å². The summed E-state index contributed by atoms with van der Waals surface area (Å²) in [6.45, 7) is 6.04. The molecular formula is C26H29Cl3F3N5O. The van der Waals surface area contributed by atoms with E-state index in [-0.39, 0.29) is 25.4 Å². The molecule has 12 heteroatoms. The first-order chi connectivity index (χ1) is 17.7. The normalized spacial score (nSPS) is 16.7. The summed E-state index contributed by atoms with van der Waals surface area (Å²) >= 11 is 19.6. The van der Waals surface area contributed by atoms with E-state index in [1.54, 1.807) is 40.8 Å². The van der Waals surface area contributed by atoms with Crippen LogP contribution in [0.1, 0.15) is 39.2 Å². The Bertz CT molecular complexity index is 1370. The summed E-state index contributed by atoms with van der Waals surface area (Å²) in [5.74, 6) is -1.09. The van der Waals surface area contributed by atoms with E-state index in [9.17, 15) is 18.0 Å². The summed E-state index contributed by atoms with van der Waals surface area (Å²) in [5, 5.41) is 7.07. The van der Waals surface area contributed by atoms with Gasteiger partial charge in [-0.3, -0.25) is 4.79 Å². The summed E-state index contributed by atoms with van der Waals surface area (Å²) in [7, 11) is 1.78. The van der Waals surface area contributed by atoms with E-state index in [4.69, 9.17) is 34.8 Å². The summed E-state index contributed by atoms with van der Waals surface area (Å²) in [4.78, 5) is 18.6. The molecule has 1 fully saturated rings. The Balaban J connectivity index is 1.62. The molecule has 3 aromatic rings. The molecule has 1 atom stereocenters. The first-order valence-corrected chi connectivity index (χ1v) is 13.3. The number of fused-ring (bicyclic) bond motifs is 1. The molecule has 2 aromatic carbocycles. The molecule has 4 rings (SSSR count). The fraction of sp³-hybridized carbons (Fsp3) is 0.462. The first kappa shape index (κ1) is 28.6. The molecular weight excluding hydrogens is 562 g/mol. The van der Waals surface area contributed by atoms with Gasteiger partial charge < -0.3 is 20.1 Å². The van der Waals surface area contributed by atoms with Crippen LogP contribution in [0.15, 0.2) is 24.3 Å². The van der Waals surface area contributed by atoms with Crippen LogP contribution in [0.2, 0.25) is 15.1 Å². The van der Waals surface area contributed by atoms with Crippen molar-refractivity contribution in [3.05, 3.63) is 44.9 Å². The van der Waals surface area contributed by atoms with Gasteiger partial charge in [-0.25, -0.2) is 4.98 Å². The van der Waals surface area contributed by atoms with E-state index in [0.29, 0.717) is 62.0 Å². The Morgan fingerprint density at radius 3 is 2.50 bits per heavy atom. The van der Waals surface area contributed by atoms with E-state index in [1.807, 2.05) is 20.8 Å². The highest BCUT2D eigenvalue weighted by atomic mass is 35.5. The summed E-state index contributed by atoms with van der Waals surface area (Å²) < 4.78 is 41.9. The van der Waals surface area contributed by atoms with Crippen LogP contribution >= 0.6 is 34.8 Å². The minimum atomic E-state index is -4.25. The lowest BCUT2D eigenvalue weighted by molar-refractivity contribution is -0.176. The maximum Gasteiger partial charge on any atom is 0.393 e. The van der Waals surface area contributed by atoms with Gasteiger partial charge in [0.15, 0.2) is 0 Å². The monoisotopic (exact) mass is 589 g/mol. The topological polar surface area (TPSA) is 62.2 Å². The van der Waals surface area contributed by atoms with Crippen LogP contribution in [0.3, 0.4) is 0 Å². The van der Waals surface area contributed by atoms with Gasteiger partial charge in [0, 0.05) is 32.1 Å². The predicted octanol–water partition coefficient (Wildman–Crippen LogP) is 7.72. The maximum atomic E-state index is 13.4. The van der Waals surface area contributed by atoms with Crippen molar-refractivity contribution in [2.45, 2.75) is 46.3 Å². The van der Waals surface area contributed by atoms with Gasteiger partial charge in [-0.2, -0.15) is 13.2 Å². The number of benzene rings is 2. The zero-order valence-electron chi connectivity index (χ0n) is 21.4. The number of anilines is 3. The number of hydrogen-bond donors (Lipinski definition) is 2. The van der Waals surface area contributed by atoms with E-state index < -0.39 is 17.5 Å². The molecule has 1 aliphatic heterocycles. The third-order valence-corrected chi connectivity index (χ3v) is 7.75. The molecule has 0 saturated carbocycles. The molecule has 1 aromatic heterocycles. The SMILES string of the molecule is Cn1c(Nc2c(Cl)ccc(CNC(=O)C(C)(C)C)c2Cl)nc2cc(Cl)c(N3CCCC(C(F)(F)F)C3)cc21. The zero-order chi connectivity index (χ0) is 28.0. The molecule has 0 spiro atoms. The number of nitrogens with zero attached hydrogens (tertiary/aromatic N) is 3. The quantitative estimate of drug-likeness (QED) is 0.319. The number of aromatic nitrogens is 2. The fourth-order valence-corrected chi connectivity index (χ4v) is 5.23. The average molecular weight is 591 g/mol. The molecule has 1 amide bonds. The van der Waals surface area contributed by atoms with Gasteiger partial charge in [0.25, 0.3) is 0 Å².